The normalized spacial score (nSPS) is 15.9. The Balaban J connectivity index is 1.64. The molecule has 0 unspecified atom stereocenters. The van der Waals surface area contributed by atoms with Gasteiger partial charge in [0.05, 0.1) is 6.10 Å². The number of hydrogen-bond donors (Lipinski definition) is 2. The fourth-order valence-electron chi connectivity index (χ4n) is 2.27. The molecule has 1 amide bonds. The molecule has 0 aromatic heterocycles. The molecule has 1 aliphatic rings. The minimum absolute atomic E-state index is 0.0566. The summed E-state index contributed by atoms with van der Waals surface area (Å²) in [5.74, 6) is -0.0566. The maximum atomic E-state index is 12.0. The quantitative estimate of drug-likeness (QED) is 0.696. The summed E-state index contributed by atoms with van der Waals surface area (Å²) in [6.07, 6.45) is 3.38. The van der Waals surface area contributed by atoms with E-state index in [1.165, 1.54) is 0 Å². The first-order valence-electron chi connectivity index (χ1n) is 7.22. The number of halogens is 2. The molecular formula is C15H20Br2N2O2. The predicted octanol–water partition coefficient (Wildman–Crippen LogP) is 3.10. The molecule has 116 valence electrons. The van der Waals surface area contributed by atoms with Crippen LogP contribution in [0.3, 0.4) is 0 Å². The molecule has 1 fully saturated rings. The number of benzene rings is 1. The number of hydrogen-bond acceptors (Lipinski definition) is 3. The first kappa shape index (κ1) is 16.9. The third-order valence-electron chi connectivity index (χ3n) is 3.37. The second-order valence-electron chi connectivity index (χ2n) is 5.09. The monoisotopic (exact) mass is 418 g/mol. The maximum absolute atomic E-state index is 12.0. The van der Waals surface area contributed by atoms with Crippen molar-refractivity contribution in [2.75, 3.05) is 26.2 Å². The maximum Gasteiger partial charge on any atom is 0.251 e. The second-order valence-corrected chi connectivity index (χ2v) is 6.92. The fraction of sp³-hybridized carbons (Fsp3) is 0.533. The fourth-order valence-corrected chi connectivity index (χ4v) is 3.57. The molecule has 4 nitrogen and oxygen atoms in total. The predicted molar refractivity (Wildman–Crippen MR) is 90.6 cm³/mol. The van der Waals surface area contributed by atoms with E-state index in [0.29, 0.717) is 24.8 Å². The van der Waals surface area contributed by atoms with Crippen LogP contribution in [0.15, 0.2) is 27.1 Å². The molecule has 0 spiro atoms. The van der Waals surface area contributed by atoms with E-state index in [0.717, 1.165) is 41.3 Å². The van der Waals surface area contributed by atoms with Crippen molar-refractivity contribution in [2.45, 2.75) is 25.4 Å². The van der Waals surface area contributed by atoms with Crippen molar-refractivity contribution in [3.05, 3.63) is 32.7 Å². The van der Waals surface area contributed by atoms with Crippen molar-refractivity contribution in [2.24, 2.45) is 0 Å². The highest BCUT2D eigenvalue weighted by atomic mass is 79.9. The van der Waals surface area contributed by atoms with Gasteiger partial charge >= 0.3 is 0 Å². The molecule has 21 heavy (non-hydrogen) atoms. The Hall–Kier alpha value is -0.430. The van der Waals surface area contributed by atoms with Crippen LogP contribution >= 0.6 is 31.9 Å². The minimum atomic E-state index is -0.0566. The van der Waals surface area contributed by atoms with Gasteiger partial charge in [-0.25, -0.2) is 0 Å². The molecule has 0 saturated carbocycles. The third kappa shape index (κ3) is 6.06. The summed E-state index contributed by atoms with van der Waals surface area (Å²) in [6.45, 7) is 3.42. The van der Waals surface area contributed by atoms with Crippen LogP contribution < -0.4 is 10.6 Å². The van der Waals surface area contributed by atoms with Crippen LogP contribution in [0, 0.1) is 0 Å². The summed E-state index contributed by atoms with van der Waals surface area (Å²) in [5, 5.41) is 6.23. The Morgan fingerprint density at radius 1 is 1.24 bits per heavy atom. The summed E-state index contributed by atoms with van der Waals surface area (Å²) in [6, 6.07) is 5.53. The summed E-state index contributed by atoms with van der Waals surface area (Å²) in [5.41, 5.74) is 0.649. The first-order chi connectivity index (χ1) is 10.1. The number of carbonyl (C=O) groups excluding carboxylic acids is 1. The van der Waals surface area contributed by atoms with Crippen LogP contribution in [0.25, 0.3) is 0 Å². The van der Waals surface area contributed by atoms with Gasteiger partial charge in [0.15, 0.2) is 0 Å². The van der Waals surface area contributed by atoms with Crippen LogP contribution in [-0.4, -0.2) is 38.3 Å². The van der Waals surface area contributed by atoms with E-state index in [-0.39, 0.29) is 5.91 Å². The van der Waals surface area contributed by atoms with Crippen molar-refractivity contribution < 1.29 is 9.53 Å². The van der Waals surface area contributed by atoms with E-state index < -0.39 is 0 Å². The van der Waals surface area contributed by atoms with Gasteiger partial charge < -0.3 is 15.4 Å². The summed E-state index contributed by atoms with van der Waals surface area (Å²) < 4.78 is 7.57. The molecule has 6 heteroatoms. The van der Waals surface area contributed by atoms with Gasteiger partial charge in [-0.1, -0.05) is 31.9 Å². The minimum Gasteiger partial charge on any atom is -0.378 e. The van der Waals surface area contributed by atoms with Crippen molar-refractivity contribution in [1.29, 1.82) is 0 Å². The van der Waals surface area contributed by atoms with Gasteiger partial charge in [-0.2, -0.15) is 0 Å². The highest BCUT2D eigenvalue weighted by Gasteiger charge is 2.12. The van der Waals surface area contributed by atoms with E-state index in [1.54, 1.807) is 0 Å². The lowest BCUT2D eigenvalue weighted by molar-refractivity contribution is 0.0318. The largest absolute Gasteiger partial charge is 0.378 e. The zero-order chi connectivity index (χ0) is 15.1. The molecule has 0 bridgehead atoms. The zero-order valence-electron chi connectivity index (χ0n) is 11.8. The Morgan fingerprint density at radius 2 is 1.90 bits per heavy atom. The molecule has 1 aromatic rings. The molecule has 1 aromatic carbocycles. The number of amides is 1. The molecular weight excluding hydrogens is 400 g/mol. The van der Waals surface area contributed by atoms with Crippen LogP contribution in [-0.2, 0) is 4.74 Å². The standard InChI is InChI=1S/C15H20Br2N2O2/c16-12-8-11(9-13(17)10-12)15(20)19-4-1-7-21-14-2-5-18-6-3-14/h8-10,14,18H,1-7H2,(H,19,20). The number of nitrogens with one attached hydrogen (secondary N) is 2. The van der Waals surface area contributed by atoms with Crippen molar-refractivity contribution >= 4 is 37.8 Å². The molecule has 1 aliphatic heterocycles. The Morgan fingerprint density at radius 3 is 2.57 bits per heavy atom. The number of piperidine rings is 1. The molecule has 2 rings (SSSR count). The third-order valence-corrected chi connectivity index (χ3v) is 4.29. The topological polar surface area (TPSA) is 50.4 Å². The van der Waals surface area contributed by atoms with E-state index >= 15 is 0 Å². The van der Waals surface area contributed by atoms with E-state index in [9.17, 15) is 4.79 Å². The molecule has 2 N–H and O–H groups in total. The van der Waals surface area contributed by atoms with Gasteiger partial charge in [-0.15, -0.1) is 0 Å². The second kappa shape index (κ2) is 8.88. The summed E-state index contributed by atoms with van der Waals surface area (Å²) in [4.78, 5) is 12.0. The summed E-state index contributed by atoms with van der Waals surface area (Å²) in [7, 11) is 0. The molecule has 0 aliphatic carbocycles. The number of ether oxygens (including phenoxy) is 1. The number of rotatable bonds is 6. The van der Waals surface area contributed by atoms with Crippen molar-refractivity contribution in [3.63, 3.8) is 0 Å². The van der Waals surface area contributed by atoms with Crippen LogP contribution in [0.2, 0.25) is 0 Å². The smallest absolute Gasteiger partial charge is 0.251 e. The van der Waals surface area contributed by atoms with Gasteiger partial charge in [0.1, 0.15) is 0 Å². The highest BCUT2D eigenvalue weighted by Crippen LogP contribution is 2.20. The Labute approximate surface area is 142 Å². The van der Waals surface area contributed by atoms with Gasteiger partial charge in [0, 0.05) is 27.7 Å². The molecule has 0 atom stereocenters. The first-order valence-corrected chi connectivity index (χ1v) is 8.80. The van der Waals surface area contributed by atoms with Crippen molar-refractivity contribution in [1.82, 2.24) is 10.6 Å². The van der Waals surface area contributed by atoms with Crippen LogP contribution in [0.1, 0.15) is 29.6 Å². The van der Waals surface area contributed by atoms with Gasteiger partial charge in [0.2, 0.25) is 0 Å². The Kier molecular flexibility index (Phi) is 7.16. The molecule has 1 heterocycles. The van der Waals surface area contributed by atoms with Crippen LogP contribution in [0.5, 0.6) is 0 Å². The van der Waals surface area contributed by atoms with Crippen LogP contribution in [0.4, 0.5) is 0 Å². The lowest BCUT2D eigenvalue weighted by Gasteiger charge is -2.22. The van der Waals surface area contributed by atoms with Gasteiger partial charge in [-0.05, 0) is 50.6 Å². The average molecular weight is 420 g/mol. The number of carbonyl (C=O) groups is 1. The molecule has 0 radical (unpaired) electrons. The lowest BCUT2D eigenvalue weighted by atomic mass is 10.1. The zero-order valence-corrected chi connectivity index (χ0v) is 15.0. The highest BCUT2D eigenvalue weighted by molar-refractivity contribution is 9.11. The van der Waals surface area contributed by atoms with Crippen molar-refractivity contribution in [3.8, 4) is 0 Å². The summed E-state index contributed by atoms with van der Waals surface area (Å²) >= 11 is 6.77. The van der Waals surface area contributed by atoms with E-state index in [1.807, 2.05) is 18.2 Å². The van der Waals surface area contributed by atoms with E-state index in [4.69, 9.17) is 4.74 Å². The molecule has 1 saturated heterocycles. The van der Waals surface area contributed by atoms with Gasteiger partial charge in [0.25, 0.3) is 5.91 Å². The average Bonchev–Trinajstić information content (AvgIpc) is 2.47. The van der Waals surface area contributed by atoms with E-state index in [2.05, 4.69) is 42.5 Å². The van der Waals surface area contributed by atoms with Gasteiger partial charge in [-0.3, -0.25) is 4.79 Å². The SMILES string of the molecule is O=C(NCCCOC1CCNCC1)c1cc(Br)cc(Br)c1. The Bertz CT molecular complexity index is 456. The lowest BCUT2D eigenvalue weighted by Crippen LogP contribution is -2.33.